The Bertz CT molecular complexity index is 846. The van der Waals surface area contributed by atoms with Crippen molar-refractivity contribution in [3.63, 3.8) is 0 Å². The highest BCUT2D eigenvalue weighted by Crippen LogP contribution is 2.09. The van der Waals surface area contributed by atoms with Crippen molar-refractivity contribution in [1.82, 2.24) is 14.9 Å². The van der Waals surface area contributed by atoms with Crippen molar-refractivity contribution < 1.29 is 4.74 Å². The summed E-state index contributed by atoms with van der Waals surface area (Å²) in [5.41, 5.74) is 0.639. The summed E-state index contributed by atoms with van der Waals surface area (Å²) in [4.78, 5) is 21.7. The van der Waals surface area contributed by atoms with Gasteiger partial charge in [0.15, 0.2) is 0 Å². The van der Waals surface area contributed by atoms with Gasteiger partial charge in [0.2, 0.25) is 0 Å². The Hall–Kier alpha value is -2.66. The van der Waals surface area contributed by atoms with Crippen molar-refractivity contribution in [3.8, 4) is 5.75 Å². The Labute approximate surface area is 140 Å². The molecule has 0 unspecified atom stereocenters. The molecule has 0 aliphatic rings. The molecule has 3 rings (SSSR count). The summed E-state index contributed by atoms with van der Waals surface area (Å²) in [6.07, 6.45) is 0. The summed E-state index contributed by atoms with van der Waals surface area (Å²) in [5, 5.41) is 0.622. The quantitative estimate of drug-likeness (QED) is 0.726. The number of H-pyrrole nitrogens is 1. The van der Waals surface area contributed by atoms with E-state index >= 15 is 0 Å². The van der Waals surface area contributed by atoms with Gasteiger partial charge in [0, 0.05) is 6.54 Å². The Morgan fingerprint density at radius 2 is 1.83 bits per heavy atom. The third-order valence-electron chi connectivity index (χ3n) is 3.90. The van der Waals surface area contributed by atoms with Crippen LogP contribution in [-0.2, 0) is 6.54 Å². The van der Waals surface area contributed by atoms with E-state index in [1.54, 1.807) is 6.07 Å². The van der Waals surface area contributed by atoms with Crippen LogP contribution in [0.15, 0.2) is 59.4 Å². The number of benzene rings is 2. The van der Waals surface area contributed by atoms with E-state index in [4.69, 9.17) is 4.74 Å². The van der Waals surface area contributed by atoms with Crippen molar-refractivity contribution >= 4 is 10.9 Å². The summed E-state index contributed by atoms with van der Waals surface area (Å²) in [6.45, 7) is 4.89. The zero-order chi connectivity index (χ0) is 16.8. The zero-order valence-electron chi connectivity index (χ0n) is 13.7. The largest absolute Gasteiger partial charge is 0.492 e. The maximum absolute atomic E-state index is 12.1. The molecule has 5 nitrogen and oxygen atoms in total. The van der Waals surface area contributed by atoms with Crippen molar-refractivity contribution in [2.45, 2.75) is 13.5 Å². The Kier molecular flexibility index (Phi) is 5.23. The molecule has 0 saturated heterocycles. The fourth-order valence-corrected chi connectivity index (χ4v) is 2.58. The number of ether oxygens (including phenoxy) is 1. The summed E-state index contributed by atoms with van der Waals surface area (Å²) in [5.74, 6) is 1.55. The molecular formula is C19H21N3O2. The van der Waals surface area contributed by atoms with E-state index in [9.17, 15) is 4.79 Å². The lowest BCUT2D eigenvalue weighted by molar-refractivity contribution is 0.206. The number of aromatic amines is 1. The third-order valence-corrected chi connectivity index (χ3v) is 3.90. The Balaban J connectivity index is 1.63. The maximum atomic E-state index is 12.1. The first-order valence-corrected chi connectivity index (χ1v) is 8.14. The summed E-state index contributed by atoms with van der Waals surface area (Å²) < 4.78 is 5.74. The highest BCUT2D eigenvalue weighted by molar-refractivity contribution is 5.77. The van der Waals surface area contributed by atoms with Crippen LogP contribution in [0.3, 0.4) is 0 Å². The van der Waals surface area contributed by atoms with Gasteiger partial charge in [-0.15, -0.1) is 0 Å². The monoisotopic (exact) mass is 323 g/mol. The van der Waals surface area contributed by atoms with Crippen molar-refractivity contribution in [2.24, 2.45) is 0 Å². The fourth-order valence-electron chi connectivity index (χ4n) is 2.58. The van der Waals surface area contributed by atoms with Gasteiger partial charge in [-0.2, -0.15) is 0 Å². The molecule has 0 aliphatic carbocycles. The fraction of sp³-hybridized carbons (Fsp3) is 0.263. The molecule has 24 heavy (non-hydrogen) atoms. The number of fused-ring (bicyclic) bond motifs is 1. The van der Waals surface area contributed by atoms with Crippen LogP contribution in [0.4, 0.5) is 0 Å². The lowest BCUT2D eigenvalue weighted by Gasteiger charge is -2.20. The molecule has 124 valence electrons. The SMILES string of the molecule is CCN(CCOc1ccccc1)Cc1nc2ccccc2c(=O)[nH]1. The lowest BCUT2D eigenvalue weighted by Crippen LogP contribution is -2.29. The van der Waals surface area contributed by atoms with Gasteiger partial charge in [-0.3, -0.25) is 9.69 Å². The first-order chi connectivity index (χ1) is 11.8. The number of rotatable bonds is 7. The van der Waals surface area contributed by atoms with E-state index < -0.39 is 0 Å². The smallest absolute Gasteiger partial charge is 0.258 e. The van der Waals surface area contributed by atoms with Crippen molar-refractivity contribution in [1.29, 1.82) is 0 Å². The summed E-state index contributed by atoms with van der Waals surface area (Å²) in [6, 6.07) is 17.2. The highest BCUT2D eigenvalue weighted by atomic mass is 16.5. The van der Waals surface area contributed by atoms with Crippen LogP contribution in [-0.4, -0.2) is 34.6 Å². The number of likely N-dealkylation sites (N-methyl/N-ethyl adjacent to an activating group) is 1. The number of aromatic nitrogens is 2. The lowest BCUT2D eigenvalue weighted by atomic mass is 10.2. The molecule has 3 aromatic rings. The minimum atomic E-state index is -0.0906. The molecule has 0 aliphatic heterocycles. The molecule has 0 amide bonds. The van der Waals surface area contributed by atoms with Crippen molar-refractivity contribution in [3.05, 3.63) is 70.8 Å². The van der Waals surface area contributed by atoms with Gasteiger partial charge in [0.25, 0.3) is 5.56 Å². The zero-order valence-corrected chi connectivity index (χ0v) is 13.7. The first-order valence-electron chi connectivity index (χ1n) is 8.14. The second-order valence-corrected chi connectivity index (χ2v) is 5.56. The molecule has 1 N–H and O–H groups in total. The van der Waals surface area contributed by atoms with Crippen LogP contribution in [0.25, 0.3) is 10.9 Å². The minimum absolute atomic E-state index is 0.0906. The van der Waals surface area contributed by atoms with Crippen LogP contribution in [0.5, 0.6) is 5.75 Å². The van der Waals surface area contributed by atoms with Crippen LogP contribution in [0.2, 0.25) is 0 Å². The minimum Gasteiger partial charge on any atom is -0.492 e. The van der Waals surface area contributed by atoms with Crippen LogP contribution >= 0.6 is 0 Å². The van der Waals surface area contributed by atoms with Gasteiger partial charge in [0.1, 0.15) is 18.2 Å². The van der Waals surface area contributed by atoms with Gasteiger partial charge >= 0.3 is 0 Å². The number of para-hydroxylation sites is 2. The number of nitrogens with zero attached hydrogens (tertiary/aromatic N) is 2. The third kappa shape index (κ3) is 4.00. The van der Waals surface area contributed by atoms with Gasteiger partial charge in [-0.05, 0) is 30.8 Å². The molecule has 2 aromatic carbocycles. The normalized spacial score (nSPS) is 11.1. The average molecular weight is 323 g/mol. The highest BCUT2D eigenvalue weighted by Gasteiger charge is 2.08. The molecule has 0 atom stereocenters. The van der Waals surface area contributed by atoms with Crippen LogP contribution in [0, 0.1) is 0 Å². The number of nitrogens with one attached hydrogen (secondary N) is 1. The average Bonchev–Trinajstić information content (AvgIpc) is 2.62. The molecule has 0 radical (unpaired) electrons. The summed E-state index contributed by atoms with van der Waals surface area (Å²) in [7, 11) is 0. The van der Waals surface area contributed by atoms with E-state index in [-0.39, 0.29) is 5.56 Å². The number of hydrogen-bond acceptors (Lipinski definition) is 4. The van der Waals surface area contributed by atoms with Gasteiger partial charge in [-0.25, -0.2) is 4.98 Å². The Morgan fingerprint density at radius 1 is 1.08 bits per heavy atom. The Morgan fingerprint density at radius 3 is 2.62 bits per heavy atom. The molecule has 0 fully saturated rings. The topological polar surface area (TPSA) is 58.2 Å². The second kappa shape index (κ2) is 7.75. The predicted molar refractivity (Wildman–Crippen MR) is 95.3 cm³/mol. The van der Waals surface area contributed by atoms with E-state index in [0.29, 0.717) is 24.4 Å². The van der Waals surface area contributed by atoms with Crippen LogP contribution < -0.4 is 10.3 Å². The molecule has 0 saturated carbocycles. The van der Waals surface area contributed by atoms with Crippen molar-refractivity contribution in [2.75, 3.05) is 19.7 Å². The molecular weight excluding hydrogens is 302 g/mol. The molecule has 0 bridgehead atoms. The predicted octanol–water partition coefficient (Wildman–Crippen LogP) is 2.82. The molecule has 5 heteroatoms. The molecule has 1 aromatic heterocycles. The number of hydrogen-bond donors (Lipinski definition) is 1. The van der Waals surface area contributed by atoms with E-state index in [1.165, 1.54) is 0 Å². The van der Waals surface area contributed by atoms with Gasteiger partial charge in [-0.1, -0.05) is 37.3 Å². The first kappa shape index (κ1) is 16.2. The maximum Gasteiger partial charge on any atom is 0.258 e. The van der Waals surface area contributed by atoms with Gasteiger partial charge < -0.3 is 9.72 Å². The van der Waals surface area contributed by atoms with Crippen LogP contribution in [0.1, 0.15) is 12.7 Å². The van der Waals surface area contributed by atoms with E-state index in [0.717, 1.165) is 24.4 Å². The molecule has 0 spiro atoms. The van der Waals surface area contributed by atoms with Gasteiger partial charge in [0.05, 0.1) is 17.4 Å². The second-order valence-electron chi connectivity index (χ2n) is 5.56. The summed E-state index contributed by atoms with van der Waals surface area (Å²) >= 11 is 0. The van der Waals surface area contributed by atoms with E-state index in [1.807, 2.05) is 48.5 Å². The standard InChI is InChI=1S/C19H21N3O2/c1-2-22(12-13-24-15-8-4-3-5-9-15)14-18-20-17-11-7-6-10-16(17)19(23)21-18/h3-11H,2,12-14H2,1H3,(H,20,21,23). The molecule has 1 heterocycles. The van der Waals surface area contributed by atoms with E-state index in [2.05, 4.69) is 21.8 Å².